The molecule has 0 spiro atoms. The SMILES string of the molecule is COc1ccc(Nc2nc(N3CCC(NC(=O)c4ccc(C(N)=O)nc4)C3)nc3scnc23)cc1OC.Cl. The van der Waals surface area contributed by atoms with Crippen molar-refractivity contribution in [3.8, 4) is 11.5 Å². The van der Waals surface area contributed by atoms with Crippen molar-refractivity contribution in [2.75, 3.05) is 37.5 Å². The summed E-state index contributed by atoms with van der Waals surface area (Å²) in [6.07, 6.45) is 2.07. The molecule has 1 atom stereocenters. The molecule has 12 nitrogen and oxygen atoms in total. The van der Waals surface area contributed by atoms with Crippen LogP contribution in [0.3, 0.4) is 0 Å². The number of pyridine rings is 1. The van der Waals surface area contributed by atoms with E-state index in [0.29, 0.717) is 47.4 Å². The molecule has 1 aromatic carbocycles. The number of ether oxygens (including phenoxy) is 2. The van der Waals surface area contributed by atoms with Gasteiger partial charge in [0.15, 0.2) is 22.1 Å². The zero-order chi connectivity index (χ0) is 25.9. The predicted octanol–water partition coefficient (Wildman–Crippen LogP) is 2.77. The number of carbonyl (C=O) groups is 2. The number of primary amides is 1. The number of amides is 2. The van der Waals surface area contributed by atoms with E-state index in [1.165, 1.54) is 29.7 Å². The molecular weight excluding hydrogens is 532 g/mol. The zero-order valence-electron chi connectivity index (χ0n) is 20.5. The lowest BCUT2D eigenvalue weighted by molar-refractivity contribution is 0.0937. The van der Waals surface area contributed by atoms with E-state index in [2.05, 4.69) is 20.6 Å². The number of aromatic nitrogens is 4. The van der Waals surface area contributed by atoms with Gasteiger partial charge in [-0.3, -0.25) is 14.6 Å². The number of nitrogens with two attached hydrogens (primary N) is 1. The standard InChI is InChI=1S/C24H24N8O4S.ClH/c1-35-17-6-4-14(9-18(17)36-2)28-21-19-23(37-12-27-19)31-24(30-21)32-8-7-15(11-32)29-22(34)13-3-5-16(20(25)33)26-10-13;/h3-6,9-10,12,15H,7-8,11H2,1-2H3,(H2,25,33)(H,29,34)(H,28,30,31);1H. The van der Waals surface area contributed by atoms with Crippen LogP contribution in [-0.2, 0) is 0 Å². The van der Waals surface area contributed by atoms with E-state index in [4.69, 9.17) is 25.2 Å². The van der Waals surface area contributed by atoms with Crippen molar-refractivity contribution in [1.82, 2.24) is 25.3 Å². The summed E-state index contributed by atoms with van der Waals surface area (Å²) in [5.74, 6) is 1.42. The molecule has 0 aliphatic carbocycles. The third-order valence-corrected chi connectivity index (χ3v) is 6.64. The van der Waals surface area contributed by atoms with E-state index in [9.17, 15) is 9.59 Å². The molecule has 0 saturated carbocycles. The summed E-state index contributed by atoms with van der Waals surface area (Å²) in [5.41, 5.74) is 8.83. The average molecular weight is 557 g/mol. The minimum atomic E-state index is -0.642. The number of halogens is 1. The number of hydrogen-bond acceptors (Lipinski definition) is 11. The molecule has 0 bridgehead atoms. The molecule has 3 aromatic heterocycles. The number of fused-ring (bicyclic) bond motifs is 1. The van der Waals surface area contributed by atoms with Crippen LogP contribution < -0.4 is 30.7 Å². The summed E-state index contributed by atoms with van der Waals surface area (Å²) in [6.45, 7) is 1.21. The van der Waals surface area contributed by atoms with Crippen LogP contribution in [0, 0.1) is 0 Å². The number of hydrogen-bond donors (Lipinski definition) is 3. The van der Waals surface area contributed by atoms with Gasteiger partial charge in [-0.1, -0.05) is 0 Å². The van der Waals surface area contributed by atoms with Crippen LogP contribution >= 0.6 is 23.7 Å². The highest BCUT2D eigenvalue weighted by Gasteiger charge is 2.27. The van der Waals surface area contributed by atoms with Crippen molar-refractivity contribution in [1.29, 1.82) is 0 Å². The Kier molecular flexibility index (Phi) is 8.08. The maximum absolute atomic E-state index is 12.7. The van der Waals surface area contributed by atoms with E-state index in [1.54, 1.807) is 19.7 Å². The van der Waals surface area contributed by atoms with Crippen LogP contribution in [0.2, 0.25) is 0 Å². The Morgan fingerprint density at radius 1 is 1.11 bits per heavy atom. The number of nitrogens with one attached hydrogen (secondary N) is 2. The van der Waals surface area contributed by atoms with Gasteiger partial charge < -0.3 is 30.7 Å². The van der Waals surface area contributed by atoms with Gasteiger partial charge in [-0.25, -0.2) is 4.98 Å². The number of rotatable bonds is 8. The van der Waals surface area contributed by atoms with Crippen LogP contribution in [0.1, 0.15) is 27.3 Å². The summed E-state index contributed by atoms with van der Waals surface area (Å²) < 4.78 is 10.7. The summed E-state index contributed by atoms with van der Waals surface area (Å²) in [4.78, 5) is 44.5. The molecule has 0 radical (unpaired) electrons. The lowest BCUT2D eigenvalue weighted by atomic mass is 10.2. The molecule has 5 rings (SSSR count). The smallest absolute Gasteiger partial charge is 0.267 e. The third kappa shape index (κ3) is 5.53. The second kappa shape index (κ2) is 11.4. The molecule has 4 heterocycles. The van der Waals surface area contributed by atoms with Gasteiger partial charge in [-0.2, -0.15) is 9.97 Å². The lowest BCUT2D eigenvalue weighted by Crippen LogP contribution is -2.37. The van der Waals surface area contributed by atoms with Gasteiger partial charge in [0.05, 0.1) is 25.3 Å². The predicted molar refractivity (Wildman–Crippen MR) is 146 cm³/mol. The summed E-state index contributed by atoms with van der Waals surface area (Å²) >= 11 is 1.43. The number of nitrogens with zero attached hydrogens (tertiary/aromatic N) is 5. The quantitative estimate of drug-likeness (QED) is 0.294. The highest BCUT2D eigenvalue weighted by Crippen LogP contribution is 2.33. The fraction of sp³-hybridized carbons (Fsp3) is 0.250. The second-order valence-electron chi connectivity index (χ2n) is 8.27. The molecule has 2 amide bonds. The van der Waals surface area contributed by atoms with Crippen LogP contribution in [0.15, 0.2) is 42.0 Å². The van der Waals surface area contributed by atoms with Gasteiger partial charge in [0.1, 0.15) is 11.2 Å². The fourth-order valence-electron chi connectivity index (χ4n) is 4.03. The first-order valence-corrected chi connectivity index (χ1v) is 12.2. The Morgan fingerprint density at radius 3 is 2.63 bits per heavy atom. The van der Waals surface area contributed by atoms with Gasteiger partial charge >= 0.3 is 0 Å². The Morgan fingerprint density at radius 2 is 1.92 bits per heavy atom. The van der Waals surface area contributed by atoms with E-state index in [0.717, 1.165) is 16.9 Å². The summed E-state index contributed by atoms with van der Waals surface area (Å²) in [7, 11) is 3.17. The van der Waals surface area contributed by atoms with Crippen molar-refractivity contribution in [2.45, 2.75) is 12.5 Å². The number of benzene rings is 1. The fourth-order valence-corrected chi connectivity index (χ4v) is 4.69. The number of anilines is 3. The van der Waals surface area contributed by atoms with E-state index in [1.807, 2.05) is 23.1 Å². The van der Waals surface area contributed by atoms with Crippen LogP contribution in [0.4, 0.5) is 17.5 Å². The Hall–Kier alpha value is -4.23. The Balaban J connectivity index is 0.00000336. The highest BCUT2D eigenvalue weighted by atomic mass is 35.5. The van der Waals surface area contributed by atoms with Gasteiger partial charge in [0.2, 0.25) is 5.95 Å². The lowest BCUT2D eigenvalue weighted by Gasteiger charge is -2.18. The first-order chi connectivity index (χ1) is 17.9. The third-order valence-electron chi connectivity index (χ3n) is 5.92. The monoisotopic (exact) mass is 556 g/mol. The molecule has 14 heteroatoms. The molecule has 1 unspecified atom stereocenters. The van der Waals surface area contributed by atoms with Crippen molar-refractivity contribution >= 4 is 63.4 Å². The maximum Gasteiger partial charge on any atom is 0.267 e. The van der Waals surface area contributed by atoms with Crippen molar-refractivity contribution < 1.29 is 19.1 Å². The number of methoxy groups -OCH3 is 2. The molecule has 1 aliphatic rings. The maximum atomic E-state index is 12.7. The molecule has 38 heavy (non-hydrogen) atoms. The molecular formula is C24H25ClN8O4S. The van der Waals surface area contributed by atoms with Crippen molar-refractivity contribution in [3.05, 3.63) is 53.3 Å². The molecule has 198 valence electrons. The van der Waals surface area contributed by atoms with Gasteiger partial charge in [-0.15, -0.1) is 23.7 Å². The minimum absolute atomic E-state index is 0. The highest BCUT2D eigenvalue weighted by molar-refractivity contribution is 7.16. The molecule has 1 aliphatic heterocycles. The molecule has 4 N–H and O–H groups in total. The van der Waals surface area contributed by atoms with Crippen molar-refractivity contribution in [2.24, 2.45) is 5.73 Å². The Labute approximate surface area is 228 Å². The second-order valence-corrected chi connectivity index (χ2v) is 9.11. The summed E-state index contributed by atoms with van der Waals surface area (Å²) in [6, 6.07) is 8.36. The molecule has 4 aromatic rings. The first kappa shape index (κ1) is 26.8. The van der Waals surface area contributed by atoms with E-state index < -0.39 is 5.91 Å². The van der Waals surface area contributed by atoms with Gasteiger partial charge in [0, 0.05) is 37.1 Å². The van der Waals surface area contributed by atoms with E-state index in [-0.39, 0.29) is 30.0 Å². The zero-order valence-corrected chi connectivity index (χ0v) is 22.1. The van der Waals surface area contributed by atoms with E-state index >= 15 is 0 Å². The normalized spacial score (nSPS) is 14.6. The minimum Gasteiger partial charge on any atom is -0.493 e. The van der Waals surface area contributed by atoms with Crippen molar-refractivity contribution in [3.63, 3.8) is 0 Å². The largest absolute Gasteiger partial charge is 0.493 e. The number of carbonyl (C=O) groups excluding carboxylic acids is 2. The number of thiazole rings is 1. The van der Waals surface area contributed by atoms with Crippen LogP contribution in [-0.4, -0.2) is 65.1 Å². The van der Waals surface area contributed by atoms with Crippen LogP contribution in [0.25, 0.3) is 10.3 Å². The van der Waals surface area contributed by atoms with Crippen LogP contribution in [0.5, 0.6) is 11.5 Å². The molecule has 1 saturated heterocycles. The first-order valence-electron chi connectivity index (χ1n) is 11.4. The Bertz CT molecular complexity index is 1470. The molecule has 1 fully saturated rings. The van der Waals surface area contributed by atoms with Gasteiger partial charge in [-0.05, 0) is 30.7 Å². The topological polar surface area (TPSA) is 157 Å². The average Bonchev–Trinajstić information content (AvgIpc) is 3.58. The summed E-state index contributed by atoms with van der Waals surface area (Å²) in [5, 5.41) is 6.33. The van der Waals surface area contributed by atoms with Gasteiger partial charge in [0.25, 0.3) is 11.8 Å².